The van der Waals surface area contributed by atoms with E-state index in [2.05, 4.69) is 18.1 Å². The van der Waals surface area contributed by atoms with E-state index in [4.69, 9.17) is 4.74 Å². The zero-order chi connectivity index (χ0) is 16.3. The molecule has 124 valence electrons. The largest absolute Gasteiger partial charge is 0.373 e. The van der Waals surface area contributed by atoms with Crippen molar-refractivity contribution in [3.05, 3.63) is 53.1 Å². The van der Waals surface area contributed by atoms with Crippen molar-refractivity contribution >= 4 is 6.08 Å². The lowest BCUT2D eigenvalue weighted by molar-refractivity contribution is 0.231. The van der Waals surface area contributed by atoms with E-state index in [0.717, 1.165) is 24.4 Å². The van der Waals surface area contributed by atoms with Gasteiger partial charge in [0.25, 0.3) is 0 Å². The number of ether oxygens (including phenoxy) is 1. The van der Waals surface area contributed by atoms with Crippen molar-refractivity contribution in [2.75, 3.05) is 6.61 Å². The summed E-state index contributed by atoms with van der Waals surface area (Å²) in [5.74, 6) is 0.491. The molecule has 4 heteroatoms. The van der Waals surface area contributed by atoms with Crippen LogP contribution in [-0.4, -0.2) is 22.5 Å². The first kappa shape index (κ1) is 14.4. The molecule has 0 radical (unpaired) electrons. The van der Waals surface area contributed by atoms with Gasteiger partial charge in [-0.2, -0.15) is 5.10 Å². The maximum absolute atomic E-state index is 13.2. The molecule has 0 unspecified atom stereocenters. The Morgan fingerprint density at radius 2 is 2.12 bits per heavy atom. The third-order valence-corrected chi connectivity index (χ3v) is 6.17. The maximum Gasteiger partial charge on any atom is 0.123 e. The second kappa shape index (κ2) is 5.03. The molecular weight excluding hydrogens is 303 g/mol. The highest BCUT2D eigenvalue weighted by molar-refractivity contribution is 5.61. The molecule has 0 N–H and O–H groups in total. The van der Waals surface area contributed by atoms with Gasteiger partial charge in [0.15, 0.2) is 0 Å². The third kappa shape index (κ3) is 2.16. The fraction of sp³-hybridized carbons (Fsp3) is 0.450. The van der Waals surface area contributed by atoms with E-state index in [9.17, 15) is 4.39 Å². The van der Waals surface area contributed by atoms with Gasteiger partial charge in [-0.05, 0) is 72.9 Å². The van der Waals surface area contributed by atoms with Gasteiger partial charge in [0.1, 0.15) is 5.82 Å². The lowest BCUT2D eigenvalue weighted by Gasteiger charge is -2.35. The standard InChI is InChI=1S/C20H21FN2O/c1-20-10-13-11-22-23(17-6-4-16(21)5-7-17)19(13)9-15(20)3-2-14(20)8-18-12-24-18/h4-7,9,11,14,18H,2-3,8,10,12H2,1H3/t14-,18+,20-/m1/s1. The molecule has 0 spiro atoms. The van der Waals surface area contributed by atoms with E-state index < -0.39 is 0 Å². The Morgan fingerprint density at radius 1 is 1.33 bits per heavy atom. The van der Waals surface area contributed by atoms with Crippen LogP contribution < -0.4 is 0 Å². The summed E-state index contributed by atoms with van der Waals surface area (Å²) < 4.78 is 20.6. The van der Waals surface area contributed by atoms with Crippen LogP contribution in [-0.2, 0) is 11.2 Å². The molecule has 1 saturated carbocycles. The number of hydrogen-bond donors (Lipinski definition) is 0. The predicted molar refractivity (Wildman–Crippen MR) is 90.4 cm³/mol. The van der Waals surface area contributed by atoms with E-state index in [0.29, 0.717) is 12.0 Å². The van der Waals surface area contributed by atoms with Gasteiger partial charge in [-0.25, -0.2) is 9.07 Å². The van der Waals surface area contributed by atoms with Crippen molar-refractivity contribution < 1.29 is 9.13 Å². The number of fused-ring (bicyclic) bond motifs is 2. The number of nitrogens with zero attached hydrogens (tertiary/aromatic N) is 2. The lowest BCUT2D eigenvalue weighted by atomic mass is 9.68. The van der Waals surface area contributed by atoms with Crippen LogP contribution in [0.25, 0.3) is 11.8 Å². The minimum atomic E-state index is -0.216. The van der Waals surface area contributed by atoms with E-state index in [1.807, 2.05) is 10.9 Å². The molecule has 1 aliphatic heterocycles. The summed E-state index contributed by atoms with van der Waals surface area (Å²) >= 11 is 0. The van der Waals surface area contributed by atoms with Gasteiger partial charge < -0.3 is 4.74 Å². The molecule has 1 aromatic carbocycles. The number of halogens is 1. The second-order valence-corrected chi connectivity index (χ2v) is 7.63. The van der Waals surface area contributed by atoms with Gasteiger partial charge in [0.05, 0.1) is 30.3 Å². The summed E-state index contributed by atoms with van der Waals surface area (Å²) in [7, 11) is 0. The monoisotopic (exact) mass is 324 g/mol. The van der Waals surface area contributed by atoms with Gasteiger partial charge >= 0.3 is 0 Å². The zero-order valence-electron chi connectivity index (χ0n) is 13.8. The molecule has 2 aromatic rings. The smallest absolute Gasteiger partial charge is 0.123 e. The van der Waals surface area contributed by atoms with Crippen molar-refractivity contribution in [2.45, 2.75) is 38.7 Å². The van der Waals surface area contributed by atoms with Crippen LogP contribution in [0.5, 0.6) is 0 Å². The quantitative estimate of drug-likeness (QED) is 0.794. The Bertz CT molecular complexity index is 819. The average Bonchev–Trinajstić information content (AvgIpc) is 3.22. The first-order chi connectivity index (χ1) is 11.6. The number of aromatic nitrogens is 2. The summed E-state index contributed by atoms with van der Waals surface area (Å²) in [6.45, 7) is 3.36. The first-order valence-corrected chi connectivity index (χ1v) is 8.79. The van der Waals surface area contributed by atoms with Crippen LogP contribution in [0.4, 0.5) is 4.39 Å². The fourth-order valence-electron chi connectivity index (χ4n) is 4.62. The Labute approximate surface area is 141 Å². The maximum atomic E-state index is 13.2. The van der Waals surface area contributed by atoms with E-state index in [-0.39, 0.29) is 11.2 Å². The molecule has 2 fully saturated rings. The molecule has 0 bridgehead atoms. The normalized spacial score (nSPS) is 30.7. The van der Waals surface area contributed by atoms with Crippen LogP contribution in [0.3, 0.4) is 0 Å². The average molecular weight is 324 g/mol. The summed E-state index contributed by atoms with van der Waals surface area (Å²) in [4.78, 5) is 0. The number of hydrogen-bond acceptors (Lipinski definition) is 2. The fourth-order valence-corrected chi connectivity index (χ4v) is 4.62. The predicted octanol–water partition coefficient (Wildman–Crippen LogP) is 4.16. The number of rotatable bonds is 3. The minimum Gasteiger partial charge on any atom is -0.373 e. The molecule has 3 nitrogen and oxygen atoms in total. The van der Waals surface area contributed by atoms with Crippen molar-refractivity contribution in [3.63, 3.8) is 0 Å². The first-order valence-electron chi connectivity index (χ1n) is 8.79. The molecule has 3 atom stereocenters. The molecule has 5 rings (SSSR count). The Morgan fingerprint density at radius 3 is 2.88 bits per heavy atom. The Balaban J connectivity index is 1.52. The van der Waals surface area contributed by atoms with Crippen molar-refractivity contribution in [1.82, 2.24) is 9.78 Å². The van der Waals surface area contributed by atoms with Gasteiger partial charge in [0.2, 0.25) is 0 Å². The van der Waals surface area contributed by atoms with Gasteiger partial charge in [0, 0.05) is 0 Å². The topological polar surface area (TPSA) is 30.4 Å². The number of epoxide rings is 1. The summed E-state index contributed by atoms with van der Waals surface area (Å²) in [5, 5.41) is 4.58. The van der Waals surface area contributed by atoms with Gasteiger partial charge in [-0.1, -0.05) is 12.5 Å². The van der Waals surface area contributed by atoms with Gasteiger partial charge in [-0.3, -0.25) is 0 Å². The Hall–Kier alpha value is -1.94. The molecular formula is C20H21FN2O. The molecule has 3 aliphatic rings. The number of benzene rings is 1. The minimum absolute atomic E-state index is 0.216. The van der Waals surface area contributed by atoms with E-state index in [1.54, 1.807) is 17.7 Å². The van der Waals surface area contributed by atoms with Crippen molar-refractivity contribution in [1.29, 1.82) is 0 Å². The third-order valence-electron chi connectivity index (χ3n) is 6.17. The highest BCUT2D eigenvalue weighted by Crippen LogP contribution is 2.55. The molecule has 1 aromatic heterocycles. The molecule has 24 heavy (non-hydrogen) atoms. The van der Waals surface area contributed by atoms with Crippen molar-refractivity contribution in [2.24, 2.45) is 11.3 Å². The van der Waals surface area contributed by atoms with Crippen LogP contribution in [0.2, 0.25) is 0 Å². The second-order valence-electron chi connectivity index (χ2n) is 7.63. The van der Waals surface area contributed by atoms with Gasteiger partial charge in [-0.15, -0.1) is 0 Å². The lowest BCUT2D eigenvalue weighted by Crippen LogP contribution is -2.29. The van der Waals surface area contributed by atoms with Crippen LogP contribution in [0.1, 0.15) is 37.4 Å². The van der Waals surface area contributed by atoms with E-state index in [1.165, 1.54) is 37.0 Å². The molecule has 2 aliphatic carbocycles. The molecule has 1 saturated heterocycles. The zero-order valence-corrected chi connectivity index (χ0v) is 13.8. The molecule has 0 amide bonds. The van der Waals surface area contributed by atoms with Crippen LogP contribution in [0, 0.1) is 17.2 Å². The summed E-state index contributed by atoms with van der Waals surface area (Å²) in [5.41, 5.74) is 5.17. The molecule has 2 heterocycles. The number of allylic oxidation sites excluding steroid dienone is 1. The Kier molecular flexibility index (Phi) is 3.02. The van der Waals surface area contributed by atoms with Crippen LogP contribution >= 0.6 is 0 Å². The highest BCUT2D eigenvalue weighted by atomic mass is 19.1. The summed E-state index contributed by atoms with van der Waals surface area (Å²) in [6.07, 6.45) is 9.48. The highest BCUT2D eigenvalue weighted by Gasteiger charge is 2.47. The van der Waals surface area contributed by atoms with E-state index >= 15 is 0 Å². The van der Waals surface area contributed by atoms with Crippen molar-refractivity contribution in [3.8, 4) is 5.69 Å². The SMILES string of the molecule is C[C@]12Cc3cnn(-c4ccc(F)cc4)c3C=C1CC[C@@H]2C[C@H]1CO1. The summed E-state index contributed by atoms with van der Waals surface area (Å²) in [6, 6.07) is 6.56. The van der Waals surface area contributed by atoms with Crippen LogP contribution in [0.15, 0.2) is 36.0 Å².